The van der Waals surface area contributed by atoms with Crippen LogP contribution in [0, 0.1) is 0 Å². The van der Waals surface area contributed by atoms with Gasteiger partial charge in [-0.2, -0.15) is 0 Å². The fraction of sp³-hybridized carbons (Fsp3) is 0.235. The van der Waals surface area contributed by atoms with Crippen molar-refractivity contribution in [3.8, 4) is 16.5 Å². The molecule has 4 rings (SSSR count). The van der Waals surface area contributed by atoms with E-state index < -0.39 is 0 Å². The Balaban J connectivity index is 1.46. The molecule has 8 nitrogen and oxygen atoms in total. The van der Waals surface area contributed by atoms with Crippen molar-refractivity contribution in [1.29, 1.82) is 0 Å². The van der Waals surface area contributed by atoms with E-state index in [0.29, 0.717) is 23.5 Å². The van der Waals surface area contributed by atoms with Gasteiger partial charge >= 0.3 is 0 Å². The summed E-state index contributed by atoms with van der Waals surface area (Å²) in [5.74, 6) is 1.89. The smallest absolute Gasteiger partial charge is 0.257 e. The van der Waals surface area contributed by atoms with Gasteiger partial charge in [0.15, 0.2) is 0 Å². The number of methoxy groups -OCH3 is 1. The molecular weight excluding hydrogens is 384 g/mol. The van der Waals surface area contributed by atoms with Gasteiger partial charge in [0.2, 0.25) is 11.0 Å². The van der Waals surface area contributed by atoms with Crippen LogP contribution in [-0.4, -0.2) is 37.5 Å². The van der Waals surface area contributed by atoms with Crippen LogP contribution < -0.4 is 4.74 Å². The van der Waals surface area contributed by atoms with Crippen LogP contribution in [0.4, 0.5) is 0 Å². The molecule has 4 aromatic rings. The van der Waals surface area contributed by atoms with E-state index in [2.05, 4.69) is 25.7 Å². The molecule has 0 radical (unpaired) electrons. The predicted octanol–water partition coefficient (Wildman–Crippen LogP) is 3.69. The number of thiophene rings is 1. The maximum Gasteiger partial charge on any atom is 0.257 e. The Morgan fingerprint density at radius 3 is 2.78 bits per heavy atom. The average molecular weight is 400 g/mol. The van der Waals surface area contributed by atoms with E-state index in [9.17, 15) is 0 Å². The van der Waals surface area contributed by atoms with Crippen LogP contribution in [-0.2, 0) is 6.54 Å². The summed E-state index contributed by atoms with van der Waals surface area (Å²) in [6.07, 6.45) is 0. The molecule has 0 spiro atoms. The number of hydrogen-bond acceptors (Lipinski definition) is 9. The maximum atomic E-state index is 5.80. The molecule has 3 aromatic heterocycles. The number of ether oxygens (including phenoxy) is 1. The second kappa shape index (κ2) is 7.89. The lowest BCUT2D eigenvalue weighted by molar-refractivity contribution is 0.414. The van der Waals surface area contributed by atoms with Crippen molar-refractivity contribution in [2.24, 2.45) is 0 Å². The van der Waals surface area contributed by atoms with Crippen LogP contribution in [0.15, 0.2) is 51.4 Å². The van der Waals surface area contributed by atoms with E-state index in [0.717, 1.165) is 16.2 Å². The van der Waals surface area contributed by atoms with Gasteiger partial charge < -0.3 is 9.15 Å². The predicted molar refractivity (Wildman–Crippen MR) is 102 cm³/mol. The van der Waals surface area contributed by atoms with Crippen molar-refractivity contribution >= 4 is 23.1 Å². The molecule has 3 heterocycles. The summed E-state index contributed by atoms with van der Waals surface area (Å²) in [4.78, 5) is 0.954. The van der Waals surface area contributed by atoms with Crippen molar-refractivity contribution < 1.29 is 9.15 Å². The number of nitrogens with zero attached hydrogens (tertiary/aromatic N) is 6. The number of tetrazole rings is 1. The number of rotatable bonds is 7. The van der Waals surface area contributed by atoms with E-state index in [4.69, 9.17) is 9.15 Å². The van der Waals surface area contributed by atoms with Crippen molar-refractivity contribution in [3.05, 3.63) is 53.2 Å². The second-order valence-corrected chi connectivity index (χ2v) is 7.91. The lowest BCUT2D eigenvalue weighted by atomic mass is 10.2. The zero-order valence-electron chi connectivity index (χ0n) is 14.6. The number of benzene rings is 1. The molecule has 0 saturated heterocycles. The van der Waals surface area contributed by atoms with Crippen molar-refractivity contribution in [2.45, 2.75) is 23.9 Å². The molecule has 1 atom stereocenters. The van der Waals surface area contributed by atoms with Crippen LogP contribution in [0.5, 0.6) is 5.75 Å². The minimum Gasteiger partial charge on any atom is -0.497 e. The van der Waals surface area contributed by atoms with Gasteiger partial charge in [0, 0.05) is 0 Å². The van der Waals surface area contributed by atoms with Crippen molar-refractivity contribution in [2.75, 3.05) is 7.11 Å². The normalized spacial score (nSPS) is 12.2. The fourth-order valence-electron chi connectivity index (χ4n) is 2.39. The second-order valence-electron chi connectivity index (χ2n) is 5.65. The quantitative estimate of drug-likeness (QED) is 0.434. The first kappa shape index (κ1) is 17.7. The summed E-state index contributed by atoms with van der Waals surface area (Å²) < 4.78 is 12.7. The molecule has 0 fully saturated rings. The van der Waals surface area contributed by atoms with Crippen LogP contribution in [0.1, 0.15) is 23.6 Å². The third-order valence-corrected chi connectivity index (χ3v) is 5.71. The molecule has 0 saturated carbocycles. The first-order chi connectivity index (χ1) is 13.2. The molecule has 10 heteroatoms. The van der Waals surface area contributed by atoms with Crippen LogP contribution in [0.25, 0.3) is 10.8 Å². The molecule has 138 valence electrons. The van der Waals surface area contributed by atoms with E-state index in [1.54, 1.807) is 23.1 Å². The summed E-state index contributed by atoms with van der Waals surface area (Å²) in [6.45, 7) is 2.55. The molecule has 27 heavy (non-hydrogen) atoms. The SMILES string of the molecule is COc1ccc(Cn2nnnc2S[C@@H](C)c2nnc(-c3cccs3)o2)cc1. The highest BCUT2D eigenvalue weighted by Crippen LogP contribution is 2.34. The molecule has 0 aliphatic heterocycles. The van der Waals surface area contributed by atoms with Crippen LogP contribution in [0.3, 0.4) is 0 Å². The summed E-state index contributed by atoms with van der Waals surface area (Å²) in [5, 5.41) is 22.9. The monoisotopic (exact) mass is 400 g/mol. The zero-order valence-corrected chi connectivity index (χ0v) is 16.3. The molecular formula is C17H16N6O2S2. The third kappa shape index (κ3) is 4.01. The van der Waals surface area contributed by atoms with Crippen molar-refractivity contribution in [1.82, 2.24) is 30.4 Å². The zero-order chi connectivity index (χ0) is 18.6. The first-order valence-electron chi connectivity index (χ1n) is 8.16. The maximum absolute atomic E-state index is 5.80. The van der Waals surface area contributed by atoms with E-state index >= 15 is 0 Å². The van der Waals surface area contributed by atoms with Gasteiger partial charge in [-0.1, -0.05) is 30.0 Å². The Hall–Kier alpha value is -2.72. The Labute approximate surface area is 163 Å². The van der Waals surface area contributed by atoms with E-state index in [1.807, 2.05) is 48.7 Å². The molecule has 0 amide bonds. The number of hydrogen-bond donors (Lipinski definition) is 0. The van der Waals surface area contributed by atoms with Crippen molar-refractivity contribution in [3.63, 3.8) is 0 Å². The highest BCUT2D eigenvalue weighted by molar-refractivity contribution is 7.99. The van der Waals surface area contributed by atoms with Gasteiger partial charge in [0.1, 0.15) is 5.75 Å². The molecule has 1 aromatic carbocycles. The van der Waals surface area contributed by atoms with Gasteiger partial charge in [0.05, 0.1) is 23.8 Å². The largest absolute Gasteiger partial charge is 0.497 e. The lowest BCUT2D eigenvalue weighted by Gasteiger charge is -2.08. The average Bonchev–Trinajstić information content (AvgIpc) is 3.44. The van der Waals surface area contributed by atoms with Crippen LogP contribution in [0.2, 0.25) is 0 Å². The van der Waals surface area contributed by atoms with Gasteiger partial charge in [-0.15, -0.1) is 26.6 Å². The van der Waals surface area contributed by atoms with Gasteiger partial charge in [-0.3, -0.25) is 0 Å². The summed E-state index contributed by atoms with van der Waals surface area (Å²) in [5.41, 5.74) is 1.08. The summed E-state index contributed by atoms with van der Waals surface area (Å²) >= 11 is 3.04. The summed E-state index contributed by atoms with van der Waals surface area (Å²) in [7, 11) is 1.65. The standard InChI is InChI=1S/C17H16N6O2S2/c1-11(15-18-19-16(25-15)14-4-3-9-26-14)27-17-20-21-22-23(17)10-12-5-7-13(24-2)8-6-12/h3-9,11H,10H2,1-2H3/t11-/m0/s1. The van der Waals surface area contributed by atoms with E-state index in [-0.39, 0.29) is 5.25 Å². The lowest BCUT2D eigenvalue weighted by Crippen LogP contribution is -2.04. The molecule has 0 aliphatic rings. The minimum absolute atomic E-state index is 0.0770. The van der Waals surface area contributed by atoms with Gasteiger partial charge in [-0.05, 0) is 46.5 Å². The molecule has 0 bridgehead atoms. The number of aromatic nitrogens is 6. The highest BCUT2D eigenvalue weighted by Gasteiger charge is 2.20. The van der Waals surface area contributed by atoms with E-state index in [1.165, 1.54) is 11.8 Å². The minimum atomic E-state index is -0.0770. The van der Waals surface area contributed by atoms with Gasteiger partial charge in [-0.25, -0.2) is 4.68 Å². The Morgan fingerprint density at radius 1 is 1.19 bits per heavy atom. The number of thioether (sulfide) groups is 1. The summed E-state index contributed by atoms with van der Waals surface area (Å²) in [6, 6.07) is 11.7. The molecule has 0 unspecified atom stereocenters. The Kier molecular flexibility index (Phi) is 5.16. The fourth-order valence-corrected chi connectivity index (χ4v) is 3.85. The third-order valence-electron chi connectivity index (χ3n) is 3.79. The Bertz CT molecular complexity index is 997. The molecule has 0 N–H and O–H groups in total. The van der Waals surface area contributed by atoms with Crippen LogP contribution >= 0.6 is 23.1 Å². The van der Waals surface area contributed by atoms with Gasteiger partial charge in [0.25, 0.3) is 5.89 Å². The Morgan fingerprint density at radius 2 is 2.04 bits per heavy atom. The highest BCUT2D eigenvalue weighted by atomic mass is 32.2. The molecule has 0 aliphatic carbocycles. The first-order valence-corrected chi connectivity index (χ1v) is 9.92. The topological polar surface area (TPSA) is 91.8 Å².